The smallest absolute Gasteiger partial charge is 0.321 e. The highest BCUT2D eigenvalue weighted by Crippen LogP contribution is 2.26. The van der Waals surface area contributed by atoms with Crippen molar-refractivity contribution >= 4 is 29.1 Å². The van der Waals surface area contributed by atoms with Gasteiger partial charge in [-0.15, -0.1) is 0 Å². The van der Waals surface area contributed by atoms with E-state index in [1.54, 1.807) is 36.3 Å². The summed E-state index contributed by atoms with van der Waals surface area (Å²) in [5, 5.41) is 8.97. The van der Waals surface area contributed by atoms with Gasteiger partial charge in [0.05, 0.1) is 5.56 Å². The summed E-state index contributed by atoms with van der Waals surface area (Å²) in [5.41, 5.74) is 2.93. The van der Waals surface area contributed by atoms with E-state index in [0.29, 0.717) is 23.8 Å². The average Bonchev–Trinajstić information content (AvgIpc) is 3.41. The summed E-state index contributed by atoms with van der Waals surface area (Å²) < 4.78 is 0. The van der Waals surface area contributed by atoms with Crippen LogP contribution in [0.4, 0.5) is 22.0 Å². The maximum absolute atomic E-state index is 12.4. The van der Waals surface area contributed by atoms with E-state index in [2.05, 4.69) is 20.9 Å². The Hall–Kier alpha value is -3.09. The Balaban J connectivity index is 1.45. The zero-order valence-corrected chi connectivity index (χ0v) is 13.9. The highest BCUT2D eigenvalue weighted by molar-refractivity contribution is 6.04. The third-order valence-electron chi connectivity index (χ3n) is 4.31. The van der Waals surface area contributed by atoms with Crippen molar-refractivity contribution in [2.45, 2.75) is 25.4 Å². The SMILES string of the molecule is CN1Cc2cc(NC(=O)c3ccc(NC4CC4)nc3)ccc2NC1=O. The molecule has 3 N–H and O–H groups in total. The van der Waals surface area contributed by atoms with Crippen molar-refractivity contribution in [2.24, 2.45) is 0 Å². The van der Waals surface area contributed by atoms with E-state index in [0.717, 1.165) is 17.1 Å². The normalized spacial score (nSPS) is 16.0. The van der Waals surface area contributed by atoms with E-state index in [-0.39, 0.29) is 11.9 Å². The molecule has 0 saturated heterocycles. The fourth-order valence-electron chi connectivity index (χ4n) is 2.72. The fraction of sp³-hybridized carbons (Fsp3) is 0.278. The monoisotopic (exact) mass is 337 g/mol. The molecule has 1 aliphatic carbocycles. The highest BCUT2D eigenvalue weighted by Gasteiger charge is 2.21. The van der Waals surface area contributed by atoms with Gasteiger partial charge in [-0.05, 0) is 48.7 Å². The Bertz CT molecular complexity index is 830. The fourth-order valence-corrected chi connectivity index (χ4v) is 2.72. The third-order valence-corrected chi connectivity index (χ3v) is 4.31. The molecule has 128 valence electrons. The van der Waals surface area contributed by atoms with Gasteiger partial charge in [-0.2, -0.15) is 0 Å². The van der Waals surface area contributed by atoms with Crippen LogP contribution < -0.4 is 16.0 Å². The first-order chi connectivity index (χ1) is 12.1. The topological polar surface area (TPSA) is 86.4 Å². The second-order valence-corrected chi connectivity index (χ2v) is 6.46. The quantitative estimate of drug-likeness (QED) is 0.801. The number of benzene rings is 1. The Labute approximate surface area is 145 Å². The van der Waals surface area contributed by atoms with E-state index < -0.39 is 0 Å². The molecule has 0 atom stereocenters. The maximum Gasteiger partial charge on any atom is 0.321 e. The number of pyridine rings is 1. The number of amides is 3. The number of rotatable bonds is 4. The molecule has 1 aromatic heterocycles. The van der Waals surface area contributed by atoms with Crippen molar-refractivity contribution in [1.82, 2.24) is 9.88 Å². The predicted octanol–water partition coefficient (Wildman–Crippen LogP) is 2.89. The number of nitrogens with zero attached hydrogens (tertiary/aromatic N) is 2. The Morgan fingerprint density at radius 2 is 2.12 bits per heavy atom. The van der Waals surface area contributed by atoms with Gasteiger partial charge in [0.25, 0.3) is 5.91 Å². The lowest BCUT2D eigenvalue weighted by atomic mass is 10.1. The molecule has 1 aliphatic heterocycles. The van der Waals surface area contributed by atoms with Crippen LogP contribution in [0.3, 0.4) is 0 Å². The minimum Gasteiger partial charge on any atom is -0.367 e. The van der Waals surface area contributed by atoms with Gasteiger partial charge in [0.2, 0.25) is 0 Å². The average molecular weight is 337 g/mol. The van der Waals surface area contributed by atoms with Crippen LogP contribution in [0, 0.1) is 0 Å². The van der Waals surface area contributed by atoms with Crippen LogP contribution in [0.15, 0.2) is 36.5 Å². The van der Waals surface area contributed by atoms with Crippen molar-refractivity contribution in [2.75, 3.05) is 23.0 Å². The van der Waals surface area contributed by atoms with Gasteiger partial charge in [-0.1, -0.05) is 0 Å². The van der Waals surface area contributed by atoms with Crippen molar-refractivity contribution in [3.05, 3.63) is 47.7 Å². The molecule has 2 aromatic rings. The summed E-state index contributed by atoms with van der Waals surface area (Å²) in [6, 6.07) is 9.44. The van der Waals surface area contributed by atoms with E-state index in [9.17, 15) is 9.59 Å². The minimum absolute atomic E-state index is 0.129. The van der Waals surface area contributed by atoms with Crippen LogP contribution >= 0.6 is 0 Å². The summed E-state index contributed by atoms with van der Waals surface area (Å²) in [6.07, 6.45) is 3.93. The van der Waals surface area contributed by atoms with E-state index in [1.807, 2.05) is 12.1 Å². The van der Waals surface area contributed by atoms with Crippen molar-refractivity contribution in [3.8, 4) is 0 Å². The van der Waals surface area contributed by atoms with Crippen LogP contribution in [0.5, 0.6) is 0 Å². The summed E-state index contributed by atoms with van der Waals surface area (Å²) in [6.45, 7) is 0.508. The first-order valence-electron chi connectivity index (χ1n) is 8.27. The van der Waals surface area contributed by atoms with E-state index in [1.165, 1.54) is 12.8 Å². The standard InChI is InChI=1S/C18H19N5O2/c1-23-10-12-8-14(5-6-15(12)22-18(23)25)21-17(24)11-2-7-16(19-9-11)20-13-3-4-13/h2,5-9,13H,3-4,10H2,1H3,(H,19,20)(H,21,24)(H,22,25). The number of carbonyl (C=O) groups is 2. The number of anilines is 3. The number of hydrogen-bond donors (Lipinski definition) is 3. The number of hydrogen-bond acceptors (Lipinski definition) is 4. The van der Waals surface area contributed by atoms with Crippen molar-refractivity contribution < 1.29 is 9.59 Å². The third kappa shape index (κ3) is 3.40. The zero-order chi connectivity index (χ0) is 17.4. The number of carbonyl (C=O) groups excluding carboxylic acids is 2. The molecule has 0 bridgehead atoms. The van der Waals surface area contributed by atoms with Gasteiger partial charge in [0.1, 0.15) is 5.82 Å². The summed E-state index contributed by atoms with van der Waals surface area (Å²) in [7, 11) is 1.73. The highest BCUT2D eigenvalue weighted by atomic mass is 16.2. The van der Waals surface area contributed by atoms with Crippen molar-refractivity contribution in [3.63, 3.8) is 0 Å². The molecule has 2 heterocycles. The zero-order valence-electron chi connectivity index (χ0n) is 13.9. The summed E-state index contributed by atoms with van der Waals surface area (Å²) in [4.78, 5) is 29.9. The van der Waals surface area contributed by atoms with Gasteiger partial charge in [0, 0.05) is 37.2 Å². The lowest BCUT2D eigenvalue weighted by molar-refractivity contribution is 0.102. The van der Waals surface area contributed by atoms with Gasteiger partial charge in [-0.3, -0.25) is 4.79 Å². The van der Waals surface area contributed by atoms with Gasteiger partial charge < -0.3 is 20.9 Å². The second-order valence-electron chi connectivity index (χ2n) is 6.46. The number of fused-ring (bicyclic) bond motifs is 1. The van der Waals surface area contributed by atoms with Crippen LogP contribution in [0.2, 0.25) is 0 Å². The van der Waals surface area contributed by atoms with Gasteiger partial charge >= 0.3 is 6.03 Å². The molecular weight excluding hydrogens is 318 g/mol. The van der Waals surface area contributed by atoms with Crippen LogP contribution in [-0.2, 0) is 6.54 Å². The molecule has 0 unspecified atom stereocenters. The predicted molar refractivity (Wildman–Crippen MR) is 95.8 cm³/mol. The van der Waals surface area contributed by atoms with Crippen molar-refractivity contribution in [1.29, 1.82) is 0 Å². The van der Waals surface area contributed by atoms with Crippen LogP contribution in [0.25, 0.3) is 0 Å². The molecule has 1 fully saturated rings. The van der Waals surface area contributed by atoms with Gasteiger partial charge in [-0.25, -0.2) is 9.78 Å². The lowest BCUT2D eigenvalue weighted by Crippen LogP contribution is -2.35. The minimum atomic E-state index is -0.210. The van der Waals surface area contributed by atoms with Gasteiger partial charge in [0.15, 0.2) is 0 Å². The van der Waals surface area contributed by atoms with Crippen LogP contribution in [-0.4, -0.2) is 34.9 Å². The first kappa shape index (κ1) is 15.4. The Kier molecular flexibility index (Phi) is 3.76. The lowest BCUT2D eigenvalue weighted by Gasteiger charge is -2.26. The number of nitrogens with one attached hydrogen (secondary N) is 3. The maximum atomic E-state index is 12.4. The van der Waals surface area contributed by atoms with Crippen LogP contribution in [0.1, 0.15) is 28.8 Å². The molecule has 0 radical (unpaired) electrons. The molecule has 1 saturated carbocycles. The molecule has 3 amide bonds. The van der Waals surface area contributed by atoms with E-state index in [4.69, 9.17) is 0 Å². The second kappa shape index (κ2) is 6.08. The molecule has 1 aromatic carbocycles. The summed E-state index contributed by atoms with van der Waals surface area (Å²) >= 11 is 0. The molecule has 4 rings (SSSR count). The molecule has 25 heavy (non-hydrogen) atoms. The Morgan fingerprint density at radius 3 is 2.84 bits per heavy atom. The number of urea groups is 1. The molecule has 0 spiro atoms. The molecule has 2 aliphatic rings. The molecular formula is C18H19N5O2. The first-order valence-corrected chi connectivity index (χ1v) is 8.27. The largest absolute Gasteiger partial charge is 0.367 e. The van der Waals surface area contributed by atoms with E-state index >= 15 is 0 Å². The number of aromatic nitrogens is 1. The Morgan fingerprint density at radius 1 is 1.28 bits per heavy atom. The molecule has 7 heteroatoms. The molecule has 7 nitrogen and oxygen atoms in total. The summed E-state index contributed by atoms with van der Waals surface area (Å²) in [5.74, 6) is 0.588.